The molecule has 0 unspecified atom stereocenters. The van der Waals surface area contributed by atoms with Crippen molar-refractivity contribution in [3.05, 3.63) is 45.7 Å². The summed E-state index contributed by atoms with van der Waals surface area (Å²) in [5.74, 6) is -0.436. The predicted octanol–water partition coefficient (Wildman–Crippen LogP) is 2.27. The maximum Gasteiger partial charge on any atom is 0.337 e. The van der Waals surface area contributed by atoms with Gasteiger partial charge in [0, 0.05) is 22.7 Å². The normalized spacial score (nSPS) is 10.6. The molecule has 4 nitrogen and oxygen atoms in total. The first kappa shape index (κ1) is 12.4. The summed E-state index contributed by atoms with van der Waals surface area (Å²) in [4.78, 5) is 26.6. The summed E-state index contributed by atoms with van der Waals surface area (Å²) in [6.07, 6.45) is 1.81. The van der Waals surface area contributed by atoms with Crippen LogP contribution >= 0.6 is 0 Å². The highest BCUT2D eigenvalue weighted by atomic mass is 16.5. The number of aromatic nitrogens is 1. The number of aryl methyl sites for hydroxylation is 1. The van der Waals surface area contributed by atoms with Gasteiger partial charge < -0.3 is 9.72 Å². The number of rotatable bonds is 3. The van der Waals surface area contributed by atoms with E-state index in [1.807, 2.05) is 0 Å². The van der Waals surface area contributed by atoms with Gasteiger partial charge in [0.2, 0.25) is 0 Å². The lowest BCUT2D eigenvalue weighted by Crippen LogP contribution is -2.07. The van der Waals surface area contributed by atoms with Crippen molar-refractivity contribution in [2.45, 2.75) is 19.8 Å². The van der Waals surface area contributed by atoms with E-state index >= 15 is 0 Å². The fourth-order valence-corrected chi connectivity index (χ4v) is 1.95. The fourth-order valence-electron chi connectivity index (χ4n) is 1.95. The van der Waals surface area contributed by atoms with Crippen LogP contribution in [0.2, 0.25) is 0 Å². The average molecular weight is 245 g/mol. The molecule has 0 bridgehead atoms. The number of methoxy groups -OCH3 is 1. The van der Waals surface area contributed by atoms with E-state index in [1.165, 1.54) is 7.11 Å². The number of H-pyrrole nitrogens is 1. The maximum absolute atomic E-state index is 12.0. The zero-order chi connectivity index (χ0) is 13.1. The molecule has 4 heteroatoms. The second-order valence-electron chi connectivity index (χ2n) is 4.16. The molecule has 1 heterocycles. The molecule has 2 rings (SSSR count). The van der Waals surface area contributed by atoms with Crippen LogP contribution < -0.4 is 5.43 Å². The quantitative estimate of drug-likeness (QED) is 0.844. The van der Waals surface area contributed by atoms with E-state index in [4.69, 9.17) is 0 Å². The number of carbonyl (C=O) groups is 1. The zero-order valence-electron chi connectivity index (χ0n) is 10.4. The molecule has 0 fully saturated rings. The number of nitrogens with one attached hydrogen (secondary N) is 1. The predicted molar refractivity (Wildman–Crippen MR) is 69.9 cm³/mol. The van der Waals surface area contributed by atoms with Gasteiger partial charge in [0.1, 0.15) is 0 Å². The third kappa shape index (κ3) is 2.27. The molecule has 1 aromatic heterocycles. The molecule has 0 aliphatic rings. The topological polar surface area (TPSA) is 59.2 Å². The maximum atomic E-state index is 12.0. The second kappa shape index (κ2) is 5.04. The molecule has 0 saturated carbocycles. The monoisotopic (exact) mass is 245 g/mol. The molecule has 2 aromatic rings. The summed E-state index contributed by atoms with van der Waals surface area (Å²) in [7, 11) is 1.32. The molecule has 0 amide bonds. The molecule has 0 radical (unpaired) electrons. The van der Waals surface area contributed by atoms with E-state index in [9.17, 15) is 9.59 Å². The minimum absolute atomic E-state index is 0.0713. The van der Waals surface area contributed by atoms with Crippen molar-refractivity contribution in [1.29, 1.82) is 0 Å². The van der Waals surface area contributed by atoms with Crippen LogP contribution in [0.1, 0.15) is 29.4 Å². The summed E-state index contributed by atoms with van der Waals surface area (Å²) < 4.78 is 4.64. The molecule has 0 aliphatic heterocycles. The van der Waals surface area contributed by atoms with Gasteiger partial charge in [-0.2, -0.15) is 0 Å². The standard InChI is InChI=1S/C14H15NO3/c1-3-4-10-8-13(16)11-7-9(14(17)18-2)5-6-12(11)15-10/h5-8H,3-4H2,1-2H3,(H,15,16). The molecule has 1 N–H and O–H groups in total. The summed E-state index contributed by atoms with van der Waals surface area (Å²) in [5, 5.41) is 0.512. The van der Waals surface area contributed by atoms with E-state index in [0.717, 1.165) is 24.1 Å². The highest BCUT2D eigenvalue weighted by Crippen LogP contribution is 2.12. The Balaban J connectivity index is 2.58. The number of hydrogen-bond donors (Lipinski definition) is 1. The molecule has 0 spiro atoms. The Hall–Kier alpha value is -2.10. The first-order valence-corrected chi connectivity index (χ1v) is 5.90. The zero-order valence-corrected chi connectivity index (χ0v) is 10.4. The van der Waals surface area contributed by atoms with Crippen LogP contribution in [0.5, 0.6) is 0 Å². The third-order valence-corrected chi connectivity index (χ3v) is 2.83. The van der Waals surface area contributed by atoms with Gasteiger partial charge in [-0.1, -0.05) is 13.3 Å². The highest BCUT2D eigenvalue weighted by Gasteiger charge is 2.08. The molecule has 0 atom stereocenters. The Morgan fingerprint density at radius 3 is 2.78 bits per heavy atom. The number of carbonyl (C=O) groups excluding carboxylic acids is 1. The van der Waals surface area contributed by atoms with Crippen LogP contribution in [-0.4, -0.2) is 18.1 Å². The lowest BCUT2D eigenvalue weighted by Gasteiger charge is -2.04. The molecule has 0 aliphatic carbocycles. The van der Waals surface area contributed by atoms with Crippen LogP contribution in [0.3, 0.4) is 0 Å². The van der Waals surface area contributed by atoms with Gasteiger partial charge in [-0.05, 0) is 24.6 Å². The number of fused-ring (bicyclic) bond motifs is 1. The van der Waals surface area contributed by atoms with Gasteiger partial charge in [0.05, 0.1) is 12.7 Å². The van der Waals surface area contributed by atoms with Gasteiger partial charge in [-0.25, -0.2) is 4.79 Å². The number of benzene rings is 1. The average Bonchev–Trinajstić information content (AvgIpc) is 2.38. The van der Waals surface area contributed by atoms with Crippen molar-refractivity contribution in [3.8, 4) is 0 Å². The van der Waals surface area contributed by atoms with Crippen molar-refractivity contribution in [1.82, 2.24) is 4.98 Å². The lowest BCUT2D eigenvalue weighted by atomic mass is 10.1. The Morgan fingerprint density at radius 1 is 1.33 bits per heavy atom. The highest BCUT2D eigenvalue weighted by molar-refractivity contribution is 5.94. The van der Waals surface area contributed by atoms with Gasteiger partial charge >= 0.3 is 5.97 Å². The molecule has 18 heavy (non-hydrogen) atoms. The Labute approximate surface area is 105 Å². The van der Waals surface area contributed by atoms with E-state index in [-0.39, 0.29) is 5.43 Å². The van der Waals surface area contributed by atoms with Gasteiger partial charge in [-0.15, -0.1) is 0 Å². The number of esters is 1. The Kier molecular flexibility index (Phi) is 3.46. The van der Waals surface area contributed by atoms with Crippen molar-refractivity contribution in [2.75, 3.05) is 7.11 Å². The van der Waals surface area contributed by atoms with Crippen molar-refractivity contribution in [3.63, 3.8) is 0 Å². The van der Waals surface area contributed by atoms with Crippen LogP contribution in [0, 0.1) is 0 Å². The van der Waals surface area contributed by atoms with E-state index < -0.39 is 5.97 Å². The number of pyridine rings is 1. The molecular formula is C14H15NO3. The SMILES string of the molecule is CCCc1cc(=O)c2cc(C(=O)OC)ccc2[nH]1. The van der Waals surface area contributed by atoms with Gasteiger partial charge in [0.15, 0.2) is 5.43 Å². The van der Waals surface area contributed by atoms with E-state index in [2.05, 4.69) is 16.6 Å². The Bertz CT molecular complexity index is 643. The molecule has 1 aromatic carbocycles. The minimum atomic E-state index is -0.436. The summed E-state index contributed by atoms with van der Waals surface area (Å²) in [6, 6.07) is 6.55. The molecule has 94 valence electrons. The first-order valence-electron chi connectivity index (χ1n) is 5.90. The van der Waals surface area contributed by atoms with Crippen molar-refractivity contribution < 1.29 is 9.53 Å². The fraction of sp³-hybridized carbons (Fsp3) is 0.286. The third-order valence-electron chi connectivity index (χ3n) is 2.83. The lowest BCUT2D eigenvalue weighted by molar-refractivity contribution is 0.0601. The number of aromatic amines is 1. The van der Waals surface area contributed by atoms with Gasteiger partial charge in [0.25, 0.3) is 0 Å². The smallest absolute Gasteiger partial charge is 0.337 e. The molecule has 0 saturated heterocycles. The van der Waals surface area contributed by atoms with Gasteiger partial charge in [-0.3, -0.25) is 4.79 Å². The largest absolute Gasteiger partial charge is 0.465 e. The van der Waals surface area contributed by atoms with Crippen LogP contribution in [0.4, 0.5) is 0 Å². The number of ether oxygens (including phenoxy) is 1. The summed E-state index contributed by atoms with van der Waals surface area (Å²) in [5.41, 5.74) is 1.98. The summed E-state index contributed by atoms with van der Waals surface area (Å²) in [6.45, 7) is 2.06. The number of hydrogen-bond acceptors (Lipinski definition) is 3. The molecular weight excluding hydrogens is 230 g/mol. The van der Waals surface area contributed by atoms with Crippen molar-refractivity contribution >= 4 is 16.9 Å². The Morgan fingerprint density at radius 2 is 2.11 bits per heavy atom. The van der Waals surface area contributed by atoms with Crippen LogP contribution in [0.15, 0.2) is 29.1 Å². The minimum Gasteiger partial charge on any atom is -0.465 e. The second-order valence-corrected chi connectivity index (χ2v) is 4.16. The van der Waals surface area contributed by atoms with E-state index in [0.29, 0.717) is 10.9 Å². The van der Waals surface area contributed by atoms with Crippen LogP contribution in [-0.2, 0) is 11.2 Å². The summed E-state index contributed by atoms with van der Waals surface area (Å²) >= 11 is 0. The first-order chi connectivity index (χ1) is 8.65. The van der Waals surface area contributed by atoms with Crippen LogP contribution in [0.25, 0.3) is 10.9 Å². The van der Waals surface area contributed by atoms with E-state index in [1.54, 1.807) is 24.3 Å². The van der Waals surface area contributed by atoms with Crippen molar-refractivity contribution in [2.24, 2.45) is 0 Å².